The van der Waals surface area contributed by atoms with Gasteiger partial charge in [-0.25, -0.2) is 13.8 Å². The highest BCUT2D eigenvalue weighted by molar-refractivity contribution is 6.30. The van der Waals surface area contributed by atoms with Gasteiger partial charge in [0.1, 0.15) is 17.5 Å². The van der Waals surface area contributed by atoms with Crippen molar-refractivity contribution in [2.24, 2.45) is 0 Å². The first kappa shape index (κ1) is 15.1. The second-order valence-corrected chi connectivity index (χ2v) is 5.77. The van der Waals surface area contributed by atoms with Gasteiger partial charge >= 0.3 is 0 Å². The van der Waals surface area contributed by atoms with E-state index < -0.39 is 11.6 Å². The molecular formula is C15H14ClF2N3O. The summed E-state index contributed by atoms with van der Waals surface area (Å²) in [6.07, 6.45) is 0.573. The van der Waals surface area contributed by atoms with Crippen molar-refractivity contribution in [3.8, 4) is 0 Å². The number of aromatic nitrogens is 2. The van der Waals surface area contributed by atoms with E-state index in [1.807, 2.05) is 4.90 Å². The Labute approximate surface area is 130 Å². The summed E-state index contributed by atoms with van der Waals surface area (Å²) in [6.45, 7) is 2.67. The van der Waals surface area contributed by atoms with Crippen LogP contribution in [0.5, 0.6) is 0 Å². The number of nitrogens with one attached hydrogen (secondary N) is 1. The fourth-order valence-corrected chi connectivity index (χ4v) is 2.85. The topological polar surface area (TPSA) is 49.0 Å². The molecule has 1 aliphatic rings. The summed E-state index contributed by atoms with van der Waals surface area (Å²) in [4.78, 5) is 20.8. The van der Waals surface area contributed by atoms with Crippen LogP contribution in [-0.4, -0.2) is 21.4 Å². The average Bonchev–Trinajstić information content (AvgIpc) is 2.48. The number of halogens is 3. The molecule has 7 heteroatoms. The summed E-state index contributed by atoms with van der Waals surface area (Å²) in [6, 6.07) is 2.34. The first-order valence-electron chi connectivity index (χ1n) is 6.89. The van der Waals surface area contributed by atoms with Crippen LogP contribution >= 0.6 is 11.6 Å². The molecule has 0 radical (unpaired) electrons. The third-order valence-electron chi connectivity index (χ3n) is 3.79. The van der Waals surface area contributed by atoms with E-state index >= 15 is 0 Å². The van der Waals surface area contributed by atoms with E-state index in [4.69, 9.17) is 11.6 Å². The standard InChI is InChI=1S/C15H14ClF2N3O/c1-8-19-13-4-5-21(7-10(13)15(22)20-8)6-9-12(17)3-2-11(16)14(9)18/h2-3H,4-7H2,1H3,(H,19,20,22). The van der Waals surface area contributed by atoms with Gasteiger partial charge in [0.2, 0.25) is 0 Å². The maximum absolute atomic E-state index is 14.0. The summed E-state index contributed by atoms with van der Waals surface area (Å²) in [5.74, 6) is -0.809. The monoisotopic (exact) mass is 325 g/mol. The molecule has 0 fully saturated rings. The van der Waals surface area contributed by atoms with E-state index in [9.17, 15) is 13.6 Å². The smallest absolute Gasteiger partial charge is 0.255 e. The van der Waals surface area contributed by atoms with Crippen molar-refractivity contribution >= 4 is 11.6 Å². The molecule has 0 spiro atoms. The number of hydrogen-bond donors (Lipinski definition) is 1. The lowest BCUT2D eigenvalue weighted by Gasteiger charge is -2.27. The van der Waals surface area contributed by atoms with Crippen molar-refractivity contribution in [1.82, 2.24) is 14.9 Å². The van der Waals surface area contributed by atoms with Gasteiger partial charge in [0.15, 0.2) is 0 Å². The molecule has 0 saturated heterocycles. The van der Waals surface area contributed by atoms with Gasteiger partial charge in [0.25, 0.3) is 5.56 Å². The van der Waals surface area contributed by atoms with E-state index in [0.29, 0.717) is 30.9 Å². The van der Waals surface area contributed by atoms with Crippen LogP contribution in [0.4, 0.5) is 8.78 Å². The van der Waals surface area contributed by atoms with E-state index in [-0.39, 0.29) is 22.7 Å². The summed E-state index contributed by atoms with van der Waals surface area (Å²) in [7, 11) is 0. The lowest BCUT2D eigenvalue weighted by molar-refractivity contribution is 0.234. The number of fused-ring (bicyclic) bond motifs is 1. The number of hydrogen-bond acceptors (Lipinski definition) is 3. The van der Waals surface area contributed by atoms with Crippen LogP contribution in [0.2, 0.25) is 5.02 Å². The first-order valence-corrected chi connectivity index (χ1v) is 7.27. The molecule has 1 N–H and O–H groups in total. The second kappa shape index (κ2) is 5.78. The van der Waals surface area contributed by atoms with Crippen molar-refractivity contribution in [3.05, 3.63) is 61.8 Å². The fraction of sp³-hybridized carbons (Fsp3) is 0.333. The molecule has 3 rings (SSSR count). The molecule has 1 aliphatic heterocycles. The minimum Gasteiger partial charge on any atom is -0.310 e. The van der Waals surface area contributed by atoms with Gasteiger partial charge in [-0.1, -0.05) is 11.6 Å². The largest absolute Gasteiger partial charge is 0.310 e. The molecule has 2 aromatic rings. The zero-order valence-electron chi connectivity index (χ0n) is 11.9. The highest BCUT2D eigenvalue weighted by Crippen LogP contribution is 2.24. The molecule has 0 aliphatic carbocycles. The van der Waals surface area contributed by atoms with Crippen LogP contribution in [-0.2, 0) is 19.5 Å². The Morgan fingerprint density at radius 1 is 1.41 bits per heavy atom. The van der Waals surface area contributed by atoms with E-state index in [0.717, 1.165) is 11.8 Å². The molecule has 2 heterocycles. The van der Waals surface area contributed by atoms with Crippen molar-refractivity contribution in [1.29, 1.82) is 0 Å². The second-order valence-electron chi connectivity index (χ2n) is 5.36. The van der Waals surface area contributed by atoms with Gasteiger partial charge in [0.05, 0.1) is 16.3 Å². The minimum absolute atomic E-state index is 0.0605. The van der Waals surface area contributed by atoms with Crippen LogP contribution < -0.4 is 5.56 Å². The van der Waals surface area contributed by atoms with Crippen LogP contribution in [0, 0.1) is 18.6 Å². The van der Waals surface area contributed by atoms with Crippen molar-refractivity contribution in [2.45, 2.75) is 26.4 Å². The van der Waals surface area contributed by atoms with Crippen molar-refractivity contribution < 1.29 is 8.78 Å². The molecule has 0 bridgehead atoms. The van der Waals surface area contributed by atoms with Gasteiger partial charge in [0, 0.05) is 31.6 Å². The fourth-order valence-electron chi connectivity index (χ4n) is 2.68. The first-order chi connectivity index (χ1) is 10.5. The summed E-state index contributed by atoms with van der Waals surface area (Å²) < 4.78 is 27.8. The number of benzene rings is 1. The number of nitrogens with zero attached hydrogens (tertiary/aromatic N) is 2. The molecule has 22 heavy (non-hydrogen) atoms. The summed E-state index contributed by atoms with van der Waals surface area (Å²) in [5.41, 5.74) is 1.04. The Balaban J connectivity index is 1.88. The molecule has 0 saturated carbocycles. The van der Waals surface area contributed by atoms with Crippen LogP contribution in [0.15, 0.2) is 16.9 Å². The Kier molecular flexibility index (Phi) is 3.97. The van der Waals surface area contributed by atoms with Crippen LogP contribution in [0.25, 0.3) is 0 Å². The van der Waals surface area contributed by atoms with Crippen molar-refractivity contribution in [3.63, 3.8) is 0 Å². The van der Waals surface area contributed by atoms with Crippen molar-refractivity contribution in [2.75, 3.05) is 6.54 Å². The molecule has 4 nitrogen and oxygen atoms in total. The Bertz CT molecular complexity index is 791. The molecular weight excluding hydrogens is 312 g/mol. The molecule has 1 aromatic carbocycles. The van der Waals surface area contributed by atoms with Gasteiger partial charge in [-0.05, 0) is 19.1 Å². The molecule has 1 aromatic heterocycles. The third kappa shape index (κ3) is 2.76. The Hall–Kier alpha value is -1.79. The number of H-pyrrole nitrogens is 1. The van der Waals surface area contributed by atoms with Crippen LogP contribution in [0.1, 0.15) is 22.6 Å². The van der Waals surface area contributed by atoms with E-state index in [1.165, 1.54) is 6.07 Å². The summed E-state index contributed by atoms with van der Waals surface area (Å²) >= 11 is 5.70. The lowest BCUT2D eigenvalue weighted by atomic mass is 10.1. The molecule has 0 amide bonds. The normalized spacial score (nSPS) is 14.9. The number of aromatic amines is 1. The number of aryl methyl sites for hydroxylation is 1. The summed E-state index contributed by atoms with van der Waals surface area (Å²) in [5, 5.41) is -0.107. The minimum atomic E-state index is -0.747. The van der Waals surface area contributed by atoms with E-state index in [1.54, 1.807) is 6.92 Å². The van der Waals surface area contributed by atoms with Gasteiger partial charge in [-0.3, -0.25) is 9.69 Å². The average molecular weight is 326 g/mol. The van der Waals surface area contributed by atoms with Gasteiger partial charge in [-0.2, -0.15) is 0 Å². The molecule has 116 valence electrons. The number of rotatable bonds is 2. The predicted molar refractivity (Wildman–Crippen MR) is 78.8 cm³/mol. The van der Waals surface area contributed by atoms with Crippen LogP contribution in [0.3, 0.4) is 0 Å². The quantitative estimate of drug-likeness (QED) is 0.863. The zero-order valence-corrected chi connectivity index (χ0v) is 12.7. The maximum Gasteiger partial charge on any atom is 0.255 e. The highest BCUT2D eigenvalue weighted by atomic mass is 35.5. The Morgan fingerprint density at radius 2 is 2.18 bits per heavy atom. The third-order valence-corrected chi connectivity index (χ3v) is 4.08. The molecule has 0 atom stereocenters. The predicted octanol–water partition coefficient (Wildman–Crippen LogP) is 2.57. The Morgan fingerprint density at radius 3 is 2.95 bits per heavy atom. The molecule has 0 unspecified atom stereocenters. The van der Waals surface area contributed by atoms with Gasteiger partial charge < -0.3 is 4.98 Å². The van der Waals surface area contributed by atoms with Gasteiger partial charge in [-0.15, -0.1) is 0 Å². The SMILES string of the molecule is Cc1nc2c(c(=O)[nH]1)CN(Cc1c(F)ccc(Cl)c1F)CC2. The zero-order chi connectivity index (χ0) is 15.9. The highest BCUT2D eigenvalue weighted by Gasteiger charge is 2.23. The lowest BCUT2D eigenvalue weighted by Crippen LogP contribution is -2.36. The maximum atomic E-state index is 14.0. The van der Waals surface area contributed by atoms with E-state index in [2.05, 4.69) is 9.97 Å².